The summed E-state index contributed by atoms with van der Waals surface area (Å²) < 4.78 is 104. The fourth-order valence-electron chi connectivity index (χ4n) is 2.91. The summed E-state index contributed by atoms with van der Waals surface area (Å²) in [5, 5.41) is 1.49. The molecule has 0 aliphatic carbocycles. The SMILES string of the molecule is Cc1cccc(C)c1OCc1ccc(C(=O)Nc2c(F)c(F)c(C(F)(F)F)c(F)c2F)o1. The quantitative estimate of drug-likeness (QED) is 0.358. The predicted molar refractivity (Wildman–Crippen MR) is 98.2 cm³/mol. The van der Waals surface area contributed by atoms with Gasteiger partial charge in [-0.25, -0.2) is 17.6 Å². The fraction of sp³-hybridized carbons (Fsp3) is 0.190. The molecule has 0 fully saturated rings. The number of hydrogen-bond donors (Lipinski definition) is 1. The molecule has 32 heavy (non-hydrogen) atoms. The van der Waals surface area contributed by atoms with E-state index >= 15 is 0 Å². The van der Waals surface area contributed by atoms with Crippen LogP contribution in [0.2, 0.25) is 0 Å². The van der Waals surface area contributed by atoms with Crippen LogP contribution in [0.3, 0.4) is 0 Å². The number of carbonyl (C=O) groups excluding carboxylic acids is 1. The maximum atomic E-state index is 14.0. The molecule has 2 aromatic carbocycles. The molecule has 0 spiro atoms. The van der Waals surface area contributed by atoms with E-state index in [1.165, 1.54) is 11.4 Å². The lowest BCUT2D eigenvalue weighted by Crippen LogP contribution is -2.20. The summed E-state index contributed by atoms with van der Waals surface area (Å²) in [5.74, 6) is -11.4. The van der Waals surface area contributed by atoms with Gasteiger partial charge in [0.1, 0.15) is 29.4 Å². The first-order valence-corrected chi connectivity index (χ1v) is 8.94. The van der Waals surface area contributed by atoms with Crippen LogP contribution in [-0.4, -0.2) is 5.91 Å². The number of carbonyl (C=O) groups is 1. The molecule has 1 aromatic heterocycles. The van der Waals surface area contributed by atoms with Crippen LogP contribution in [0.1, 0.15) is 33.0 Å². The van der Waals surface area contributed by atoms with Gasteiger partial charge in [-0.1, -0.05) is 18.2 Å². The minimum absolute atomic E-state index is 0.120. The van der Waals surface area contributed by atoms with Crippen LogP contribution in [0.4, 0.5) is 36.4 Å². The Kier molecular flexibility index (Phi) is 6.20. The van der Waals surface area contributed by atoms with Crippen LogP contribution < -0.4 is 10.1 Å². The van der Waals surface area contributed by atoms with Crippen molar-refractivity contribution in [1.82, 2.24) is 0 Å². The van der Waals surface area contributed by atoms with Crippen molar-refractivity contribution in [1.29, 1.82) is 0 Å². The lowest BCUT2D eigenvalue weighted by molar-refractivity contribution is -0.143. The zero-order chi connectivity index (χ0) is 23.8. The van der Waals surface area contributed by atoms with E-state index in [9.17, 15) is 35.5 Å². The maximum absolute atomic E-state index is 14.0. The molecule has 1 heterocycles. The zero-order valence-electron chi connectivity index (χ0n) is 16.5. The van der Waals surface area contributed by atoms with Crippen molar-refractivity contribution in [2.24, 2.45) is 0 Å². The van der Waals surface area contributed by atoms with Crippen LogP contribution >= 0.6 is 0 Å². The number of furan rings is 1. The second kappa shape index (κ2) is 8.56. The number of anilines is 1. The monoisotopic (exact) mass is 461 g/mol. The highest BCUT2D eigenvalue weighted by Crippen LogP contribution is 2.38. The number of alkyl halides is 3. The number of amides is 1. The third kappa shape index (κ3) is 4.41. The van der Waals surface area contributed by atoms with Crippen LogP contribution in [0.25, 0.3) is 0 Å². The number of aryl methyl sites for hydroxylation is 2. The van der Waals surface area contributed by atoms with Gasteiger partial charge in [-0.2, -0.15) is 13.2 Å². The highest BCUT2D eigenvalue weighted by atomic mass is 19.4. The minimum Gasteiger partial charge on any atom is -0.485 e. The molecular formula is C21H14F7NO3. The van der Waals surface area contributed by atoms with E-state index < -0.39 is 52.4 Å². The molecule has 3 aromatic rings. The molecule has 170 valence electrons. The first-order chi connectivity index (χ1) is 14.9. The van der Waals surface area contributed by atoms with E-state index in [0.29, 0.717) is 5.75 Å². The van der Waals surface area contributed by atoms with Crippen molar-refractivity contribution in [2.75, 3.05) is 5.32 Å². The Morgan fingerprint density at radius 3 is 2.03 bits per heavy atom. The van der Waals surface area contributed by atoms with Crippen molar-refractivity contribution in [3.63, 3.8) is 0 Å². The second-order valence-electron chi connectivity index (χ2n) is 6.73. The largest absolute Gasteiger partial charge is 0.485 e. The van der Waals surface area contributed by atoms with Crippen molar-refractivity contribution in [3.8, 4) is 5.75 Å². The van der Waals surface area contributed by atoms with Crippen molar-refractivity contribution in [2.45, 2.75) is 26.6 Å². The molecular weight excluding hydrogens is 447 g/mol. The van der Waals surface area contributed by atoms with Gasteiger partial charge in [0.05, 0.1) is 0 Å². The molecule has 0 aliphatic rings. The van der Waals surface area contributed by atoms with E-state index in [1.54, 1.807) is 0 Å². The molecule has 11 heteroatoms. The Morgan fingerprint density at radius 2 is 1.50 bits per heavy atom. The molecule has 0 saturated heterocycles. The van der Waals surface area contributed by atoms with Gasteiger partial charge >= 0.3 is 6.18 Å². The van der Waals surface area contributed by atoms with E-state index in [2.05, 4.69) is 0 Å². The number of benzene rings is 2. The van der Waals surface area contributed by atoms with Crippen molar-refractivity contribution in [3.05, 3.63) is 81.8 Å². The fourth-order valence-corrected chi connectivity index (χ4v) is 2.91. The highest BCUT2D eigenvalue weighted by molar-refractivity contribution is 6.02. The zero-order valence-corrected chi connectivity index (χ0v) is 16.5. The summed E-state index contributed by atoms with van der Waals surface area (Å²) in [6.07, 6.45) is -5.69. The molecule has 1 N–H and O–H groups in total. The molecule has 0 aliphatic heterocycles. The predicted octanol–water partition coefficient (Wildman–Crippen LogP) is 6.30. The van der Waals surface area contributed by atoms with E-state index in [4.69, 9.17) is 9.15 Å². The van der Waals surface area contributed by atoms with Crippen LogP contribution in [0.15, 0.2) is 34.7 Å². The molecule has 0 bridgehead atoms. The Morgan fingerprint density at radius 1 is 0.938 bits per heavy atom. The van der Waals surface area contributed by atoms with Gasteiger partial charge < -0.3 is 14.5 Å². The molecule has 0 atom stereocenters. The van der Waals surface area contributed by atoms with Crippen molar-refractivity contribution < 1.29 is 44.7 Å². The van der Waals surface area contributed by atoms with Crippen molar-refractivity contribution >= 4 is 11.6 Å². The highest BCUT2D eigenvalue weighted by Gasteiger charge is 2.42. The summed E-state index contributed by atoms with van der Waals surface area (Å²) in [7, 11) is 0. The Bertz CT molecular complexity index is 1140. The van der Waals surface area contributed by atoms with Gasteiger partial charge in [0.25, 0.3) is 5.91 Å². The first-order valence-electron chi connectivity index (χ1n) is 8.94. The smallest absolute Gasteiger partial charge is 0.422 e. The number of halogens is 7. The minimum atomic E-state index is -5.69. The maximum Gasteiger partial charge on any atom is 0.422 e. The Hall–Kier alpha value is -3.50. The molecule has 1 amide bonds. The Labute approximate surface area is 176 Å². The van der Waals surface area contributed by atoms with E-state index in [1.807, 2.05) is 32.0 Å². The molecule has 0 radical (unpaired) electrons. The normalized spacial score (nSPS) is 11.5. The van der Waals surface area contributed by atoms with E-state index in [-0.39, 0.29) is 12.4 Å². The number of para-hydroxylation sites is 1. The summed E-state index contributed by atoms with van der Waals surface area (Å²) in [5.41, 5.74) is -2.78. The first kappa shape index (κ1) is 23.2. The third-order valence-corrected chi connectivity index (χ3v) is 4.44. The standard InChI is InChI=1S/C21H14F7NO3/c1-9-4-3-5-10(2)19(9)31-8-11-6-7-12(32-11)20(30)29-18-16(24)14(22)13(21(26,27)28)15(23)17(18)25/h3-7H,8H2,1-2H3,(H,29,30). The number of ether oxygens (including phenoxy) is 1. The van der Waals surface area contributed by atoms with Gasteiger partial charge in [-0.05, 0) is 37.1 Å². The van der Waals surface area contributed by atoms with E-state index in [0.717, 1.165) is 17.2 Å². The number of nitrogens with one attached hydrogen (secondary N) is 1. The van der Waals surface area contributed by atoms with Gasteiger partial charge in [-0.15, -0.1) is 0 Å². The Balaban J connectivity index is 1.80. The van der Waals surface area contributed by atoms with Gasteiger partial charge in [0, 0.05) is 0 Å². The van der Waals surface area contributed by atoms with Gasteiger partial charge in [0.2, 0.25) is 0 Å². The lowest BCUT2D eigenvalue weighted by atomic mass is 10.1. The van der Waals surface area contributed by atoms with Gasteiger partial charge in [0.15, 0.2) is 29.0 Å². The second-order valence-corrected chi connectivity index (χ2v) is 6.73. The lowest BCUT2D eigenvalue weighted by Gasteiger charge is -2.14. The molecule has 0 unspecified atom stereocenters. The number of rotatable bonds is 5. The summed E-state index contributed by atoms with van der Waals surface area (Å²) in [4.78, 5) is 12.2. The molecule has 3 rings (SSSR count). The van der Waals surface area contributed by atoms with Crippen LogP contribution in [-0.2, 0) is 12.8 Å². The van der Waals surface area contributed by atoms with Crippen LogP contribution in [0.5, 0.6) is 5.75 Å². The van der Waals surface area contributed by atoms with Gasteiger partial charge in [-0.3, -0.25) is 4.79 Å². The average Bonchev–Trinajstić information content (AvgIpc) is 3.17. The summed E-state index contributed by atoms with van der Waals surface area (Å²) >= 11 is 0. The van der Waals surface area contributed by atoms with Crippen LogP contribution in [0, 0.1) is 37.1 Å². The summed E-state index contributed by atoms with van der Waals surface area (Å²) in [6.45, 7) is 3.51. The number of hydrogen-bond acceptors (Lipinski definition) is 3. The molecule has 0 saturated carbocycles. The summed E-state index contributed by atoms with van der Waals surface area (Å²) in [6, 6.07) is 7.86. The third-order valence-electron chi connectivity index (χ3n) is 4.44. The topological polar surface area (TPSA) is 51.5 Å². The average molecular weight is 461 g/mol. The molecule has 4 nitrogen and oxygen atoms in total.